The first-order valence-electron chi connectivity index (χ1n) is 11.4. The highest BCUT2D eigenvalue weighted by Crippen LogP contribution is 2.56. The summed E-state index contributed by atoms with van der Waals surface area (Å²) in [4.78, 5) is 46.9. The van der Waals surface area contributed by atoms with E-state index in [9.17, 15) is 24.4 Å². The maximum atomic E-state index is 12.8. The third-order valence-electron chi connectivity index (χ3n) is 5.76. The summed E-state index contributed by atoms with van der Waals surface area (Å²) >= 11 is 4.15. The summed E-state index contributed by atoms with van der Waals surface area (Å²) in [5.41, 5.74) is 8.77. The molecule has 2 fully saturated rings. The monoisotopic (exact) mass is 489 g/mol. The van der Waals surface area contributed by atoms with Crippen LogP contribution < -0.4 is 16.8 Å². The normalized spacial score (nSPS) is 24.4. The van der Waals surface area contributed by atoms with Crippen LogP contribution in [0.4, 0.5) is 0 Å². The largest absolute Gasteiger partial charge is 0.370 e. The van der Waals surface area contributed by atoms with Gasteiger partial charge in [0.2, 0.25) is 23.6 Å². The minimum absolute atomic E-state index is 0.123. The molecule has 0 radical (unpaired) electrons. The maximum Gasteiger partial charge on any atom is 0.248 e. The number of benzene rings is 1. The standard InChI is InChI=1S/C17H19N3O2S.C5H10N2O2.C2H6/c1-16(10-18)9-17(11-19-15(17)22)20(13(21)7-8-23)14(16)12-5-3-2-4-6-12;6-4(8)2-1-3-5(7)9;1-2/h2-6,14,23H,7-9,11H2,1H3,(H,19,22);1-3H2,(H2,6,8)(H2,7,9);1-2H3. The molecule has 1 aromatic carbocycles. The number of primary amides is 2. The van der Waals surface area contributed by atoms with Crippen LogP contribution in [0.25, 0.3) is 0 Å². The van der Waals surface area contributed by atoms with Crippen molar-refractivity contribution in [3.05, 3.63) is 35.9 Å². The smallest absolute Gasteiger partial charge is 0.248 e. The van der Waals surface area contributed by atoms with E-state index in [1.807, 2.05) is 51.1 Å². The summed E-state index contributed by atoms with van der Waals surface area (Å²) in [6, 6.07) is 11.4. The Morgan fingerprint density at radius 3 is 2.09 bits per heavy atom. The lowest BCUT2D eigenvalue weighted by Crippen LogP contribution is -2.71. The number of β-lactam (4-membered cyclic amide) rings is 1. The van der Waals surface area contributed by atoms with Crippen molar-refractivity contribution in [2.75, 3.05) is 12.3 Å². The van der Waals surface area contributed by atoms with Gasteiger partial charge in [0, 0.05) is 25.7 Å². The second kappa shape index (κ2) is 13.0. The molecule has 9 nitrogen and oxygen atoms in total. The van der Waals surface area contributed by atoms with Crippen molar-refractivity contribution in [1.82, 2.24) is 10.2 Å². The number of likely N-dealkylation sites (tertiary alicyclic amines) is 1. The van der Waals surface area contributed by atoms with Gasteiger partial charge in [0.25, 0.3) is 0 Å². The molecule has 0 aliphatic carbocycles. The number of rotatable bonds is 7. The van der Waals surface area contributed by atoms with Crippen molar-refractivity contribution in [1.29, 1.82) is 5.26 Å². The number of nitrogens with one attached hydrogen (secondary N) is 1. The van der Waals surface area contributed by atoms with Gasteiger partial charge >= 0.3 is 0 Å². The van der Waals surface area contributed by atoms with E-state index in [-0.39, 0.29) is 31.1 Å². The van der Waals surface area contributed by atoms with Crippen molar-refractivity contribution < 1.29 is 19.2 Å². The van der Waals surface area contributed by atoms with Crippen molar-refractivity contribution in [3.8, 4) is 6.07 Å². The summed E-state index contributed by atoms with van der Waals surface area (Å²) in [6.45, 7) is 6.25. The number of carbonyl (C=O) groups excluding carboxylic acids is 4. The quantitative estimate of drug-likeness (QED) is 0.339. The van der Waals surface area contributed by atoms with E-state index in [0.717, 1.165) is 5.56 Å². The third kappa shape index (κ3) is 6.50. The molecule has 1 spiro atoms. The highest BCUT2D eigenvalue weighted by molar-refractivity contribution is 7.80. The topological polar surface area (TPSA) is 159 Å². The molecule has 186 valence electrons. The first kappa shape index (κ1) is 29.0. The van der Waals surface area contributed by atoms with E-state index in [2.05, 4.69) is 24.0 Å². The van der Waals surface area contributed by atoms with Crippen LogP contribution in [0.3, 0.4) is 0 Å². The van der Waals surface area contributed by atoms with Gasteiger partial charge in [0.1, 0.15) is 5.54 Å². The minimum atomic E-state index is -0.898. The summed E-state index contributed by atoms with van der Waals surface area (Å²) in [6.07, 6.45) is 1.56. The highest BCUT2D eigenvalue weighted by Gasteiger charge is 2.66. The molecule has 1 aromatic rings. The fraction of sp³-hybridized carbons (Fsp3) is 0.542. The zero-order valence-electron chi connectivity index (χ0n) is 20.0. The molecule has 3 unspecified atom stereocenters. The highest BCUT2D eigenvalue weighted by atomic mass is 32.1. The van der Waals surface area contributed by atoms with E-state index in [1.54, 1.807) is 4.90 Å². The maximum absolute atomic E-state index is 12.8. The summed E-state index contributed by atoms with van der Waals surface area (Å²) in [7, 11) is 0. The fourth-order valence-electron chi connectivity index (χ4n) is 4.31. The molecule has 0 saturated carbocycles. The van der Waals surface area contributed by atoms with Crippen molar-refractivity contribution in [2.45, 2.75) is 64.5 Å². The Kier molecular flexibility index (Phi) is 11.1. The predicted octanol–water partition coefficient (Wildman–Crippen LogP) is 1.83. The Hall–Kier alpha value is -3.06. The number of hydrogen-bond acceptors (Lipinski definition) is 6. The van der Waals surface area contributed by atoms with Gasteiger partial charge in [-0.1, -0.05) is 44.2 Å². The van der Waals surface area contributed by atoms with Crippen molar-refractivity contribution in [3.63, 3.8) is 0 Å². The van der Waals surface area contributed by atoms with E-state index >= 15 is 0 Å². The van der Waals surface area contributed by atoms with Crippen LogP contribution in [0.15, 0.2) is 30.3 Å². The summed E-state index contributed by atoms with van der Waals surface area (Å²) in [5.74, 6) is -0.655. The number of nitrogens with zero attached hydrogens (tertiary/aromatic N) is 2. The van der Waals surface area contributed by atoms with Crippen LogP contribution >= 0.6 is 12.6 Å². The van der Waals surface area contributed by atoms with Crippen LogP contribution in [0, 0.1) is 16.7 Å². The molecule has 2 heterocycles. The lowest BCUT2D eigenvalue weighted by molar-refractivity contribution is -0.154. The Morgan fingerprint density at radius 2 is 1.71 bits per heavy atom. The van der Waals surface area contributed by atoms with Gasteiger partial charge in [-0.3, -0.25) is 19.2 Å². The van der Waals surface area contributed by atoms with Crippen molar-refractivity contribution in [2.24, 2.45) is 16.9 Å². The van der Waals surface area contributed by atoms with Crippen LogP contribution in [-0.4, -0.2) is 46.4 Å². The number of carbonyl (C=O) groups is 4. The molecule has 2 aliphatic rings. The molecule has 0 aromatic heterocycles. The lowest BCUT2D eigenvalue weighted by Gasteiger charge is -2.46. The van der Waals surface area contributed by atoms with Gasteiger partial charge in [-0.05, 0) is 24.7 Å². The van der Waals surface area contributed by atoms with E-state index in [0.29, 0.717) is 25.1 Å². The van der Waals surface area contributed by atoms with Gasteiger partial charge < -0.3 is 21.7 Å². The summed E-state index contributed by atoms with van der Waals surface area (Å²) < 4.78 is 0. The minimum Gasteiger partial charge on any atom is -0.370 e. The Balaban J connectivity index is 0.000000446. The first-order chi connectivity index (χ1) is 16.1. The predicted molar refractivity (Wildman–Crippen MR) is 132 cm³/mol. The first-order valence-corrected chi connectivity index (χ1v) is 12.0. The van der Waals surface area contributed by atoms with Crippen molar-refractivity contribution >= 4 is 36.3 Å². The van der Waals surface area contributed by atoms with Gasteiger partial charge in [0.15, 0.2) is 0 Å². The molecular weight excluding hydrogens is 454 g/mol. The number of thiol groups is 1. The SMILES string of the molecule is CC.CC1(C#N)CC2(CNC2=O)N(C(=O)CCS)C1c1ccccc1.NC(=O)CCCC(N)=O. The average Bonchev–Trinajstić information content (AvgIpc) is 3.12. The van der Waals surface area contributed by atoms with Gasteiger partial charge in [-0.15, -0.1) is 0 Å². The Bertz CT molecular complexity index is 906. The van der Waals surface area contributed by atoms with Gasteiger partial charge in [-0.25, -0.2) is 0 Å². The van der Waals surface area contributed by atoms with Gasteiger partial charge in [-0.2, -0.15) is 17.9 Å². The molecule has 0 bridgehead atoms. The molecule has 4 amide bonds. The van der Waals surface area contributed by atoms with Crippen LogP contribution in [0.2, 0.25) is 0 Å². The molecule has 34 heavy (non-hydrogen) atoms. The summed E-state index contributed by atoms with van der Waals surface area (Å²) in [5, 5.41) is 12.5. The molecule has 10 heteroatoms. The van der Waals surface area contributed by atoms with Gasteiger partial charge in [0.05, 0.1) is 24.1 Å². The molecule has 3 atom stereocenters. The Morgan fingerprint density at radius 1 is 1.15 bits per heavy atom. The number of amides is 4. The molecule has 2 saturated heterocycles. The van der Waals surface area contributed by atoms with Crippen LogP contribution in [0.1, 0.15) is 64.5 Å². The molecule has 3 rings (SSSR count). The van der Waals surface area contributed by atoms with E-state index in [4.69, 9.17) is 11.5 Å². The molecular formula is C24H35N5O4S. The zero-order chi connectivity index (χ0) is 25.9. The fourth-order valence-corrected chi connectivity index (χ4v) is 4.50. The lowest BCUT2D eigenvalue weighted by atomic mass is 9.75. The average molecular weight is 490 g/mol. The van der Waals surface area contributed by atoms with E-state index < -0.39 is 28.8 Å². The second-order valence-electron chi connectivity index (χ2n) is 8.26. The third-order valence-corrected chi connectivity index (χ3v) is 5.98. The Labute approximate surface area is 206 Å². The van der Waals surface area contributed by atoms with Crippen LogP contribution in [-0.2, 0) is 19.2 Å². The zero-order valence-corrected chi connectivity index (χ0v) is 20.9. The van der Waals surface area contributed by atoms with Crippen LogP contribution in [0.5, 0.6) is 0 Å². The van der Waals surface area contributed by atoms with E-state index in [1.165, 1.54) is 0 Å². The number of nitriles is 1. The molecule has 2 aliphatic heterocycles. The second-order valence-corrected chi connectivity index (χ2v) is 8.70. The number of hydrogen-bond donors (Lipinski definition) is 4. The number of nitrogens with two attached hydrogens (primary N) is 2. The molecule has 5 N–H and O–H groups in total.